The van der Waals surface area contributed by atoms with Crippen LogP contribution in [0, 0.1) is 0 Å². The largest absolute Gasteiger partial charge is 0.452 e. The quantitative estimate of drug-likeness (QED) is 0.438. The molecule has 9 heteroatoms. The zero-order valence-electron chi connectivity index (χ0n) is 16.6. The fourth-order valence-corrected chi connectivity index (χ4v) is 4.72. The number of aromatic nitrogens is 2. The van der Waals surface area contributed by atoms with Crippen LogP contribution in [0.4, 0.5) is 0 Å². The molecule has 158 valence electrons. The third kappa shape index (κ3) is 3.65. The Labute approximate surface area is 181 Å². The molecule has 0 unspecified atom stereocenters. The Morgan fingerprint density at radius 3 is 2.68 bits per heavy atom. The van der Waals surface area contributed by atoms with Crippen LogP contribution in [-0.4, -0.2) is 38.9 Å². The summed E-state index contributed by atoms with van der Waals surface area (Å²) < 4.78 is 10.8. The highest BCUT2D eigenvalue weighted by Gasteiger charge is 2.40. The Morgan fingerprint density at radius 1 is 1.10 bits per heavy atom. The van der Waals surface area contributed by atoms with E-state index in [-0.39, 0.29) is 41.5 Å². The van der Waals surface area contributed by atoms with Gasteiger partial charge in [-0.3, -0.25) is 14.5 Å². The van der Waals surface area contributed by atoms with Crippen molar-refractivity contribution in [1.82, 2.24) is 15.1 Å². The van der Waals surface area contributed by atoms with Gasteiger partial charge in [0.05, 0.1) is 21.6 Å². The van der Waals surface area contributed by atoms with E-state index in [9.17, 15) is 14.4 Å². The lowest BCUT2D eigenvalue weighted by atomic mass is 9.94. The van der Waals surface area contributed by atoms with Gasteiger partial charge in [0.15, 0.2) is 6.61 Å². The first-order valence-electron chi connectivity index (χ1n) is 10.2. The lowest BCUT2D eigenvalue weighted by molar-refractivity contribution is 0.0438. The molecular weight excluding hydrogens is 418 g/mol. The smallest absolute Gasteiger partial charge is 0.338 e. The second-order valence-electron chi connectivity index (χ2n) is 7.59. The maximum absolute atomic E-state index is 12.9. The van der Waals surface area contributed by atoms with Crippen LogP contribution in [0.2, 0.25) is 0 Å². The second-order valence-corrected chi connectivity index (χ2v) is 8.53. The molecule has 1 aliphatic heterocycles. The molecule has 1 aromatic carbocycles. The number of carbonyl (C=O) groups is 3. The molecular formula is C22H19N3O5S. The van der Waals surface area contributed by atoms with Crippen molar-refractivity contribution in [1.29, 1.82) is 0 Å². The third-order valence-electron chi connectivity index (χ3n) is 5.62. The fourth-order valence-electron chi connectivity index (χ4n) is 4.08. The highest BCUT2D eigenvalue weighted by atomic mass is 32.1. The van der Waals surface area contributed by atoms with Crippen molar-refractivity contribution in [2.45, 2.75) is 44.8 Å². The van der Waals surface area contributed by atoms with E-state index < -0.39 is 5.97 Å². The molecule has 1 saturated carbocycles. The van der Waals surface area contributed by atoms with E-state index in [1.807, 2.05) is 17.5 Å². The molecule has 0 spiro atoms. The van der Waals surface area contributed by atoms with Crippen LogP contribution in [-0.2, 0) is 11.3 Å². The van der Waals surface area contributed by atoms with Gasteiger partial charge in [-0.25, -0.2) is 4.79 Å². The van der Waals surface area contributed by atoms with Crippen molar-refractivity contribution < 1.29 is 23.5 Å². The minimum atomic E-state index is -0.630. The first kappa shape index (κ1) is 19.6. The molecule has 0 saturated heterocycles. The van der Waals surface area contributed by atoms with Crippen LogP contribution in [0.5, 0.6) is 0 Å². The summed E-state index contributed by atoms with van der Waals surface area (Å²) in [7, 11) is 0. The monoisotopic (exact) mass is 437 g/mol. The van der Waals surface area contributed by atoms with Gasteiger partial charge in [0.25, 0.3) is 23.6 Å². The summed E-state index contributed by atoms with van der Waals surface area (Å²) in [4.78, 5) is 40.4. The van der Waals surface area contributed by atoms with Gasteiger partial charge in [-0.1, -0.05) is 25.3 Å². The van der Waals surface area contributed by atoms with Gasteiger partial charge in [0, 0.05) is 6.04 Å². The minimum absolute atomic E-state index is 0.0633. The number of carbonyl (C=O) groups excluding carboxylic acids is 3. The van der Waals surface area contributed by atoms with Gasteiger partial charge in [0.1, 0.15) is 0 Å². The van der Waals surface area contributed by atoms with E-state index in [4.69, 9.17) is 9.15 Å². The van der Waals surface area contributed by atoms with E-state index in [0.717, 1.165) is 37.0 Å². The highest BCUT2D eigenvalue weighted by Crippen LogP contribution is 2.31. The van der Waals surface area contributed by atoms with Crippen LogP contribution in [0.1, 0.15) is 69.1 Å². The maximum atomic E-state index is 12.9. The average Bonchev–Trinajstić information content (AvgIpc) is 3.53. The normalized spacial score (nSPS) is 16.6. The fraction of sp³-hybridized carbons (Fsp3) is 0.318. The van der Waals surface area contributed by atoms with E-state index in [1.165, 1.54) is 34.4 Å². The van der Waals surface area contributed by atoms with Crippen molar-refractivity contribution in [2.24, 2.45) is 0 Å². The number of thiophene rings is 1. The van der Waals surface area contributed by atoms with Crippen molar-refractivity contribution >= 4 is 29.1 Å². The molecule has 1 aliphatic carbocycles. The Bertz CT molecular complexity index is 1150. The Balaban J connectivity index is 1.28. The maximum Gasteiger partial charge on any atom is 0.338 e. The molecule has 0 bridgehead atoms. The van der Waals surface area contributed by atoms with E-state index in [1.54, 1.807) is 0 Å². The van der Waals surface area contributed by atoms with Gasteiger partial charge in [0.2, 0.25) is 0 Å². The molecule has 8 nitrogen and oxygen atoms in total. The lowest BCUT2D eigenvalue weighted by Gasteiger charge is -2.29. The van der Waals surface area contributed by atoms with E-state index in [0.29, 0.717) is 11.5 Å². The zero-order valence-corrected chi connectivity index (χ0v) is 17.4. The van der Waals surface area contributed by atoms with Crippen LogP contribution >= 0.6 is 11.3 Å². The molecule has 3 aromatic rings. The van der Waals surface area contributed by atoms with Gasteiger partial charge in [-0.05, 0) is 42.5 Å². The van der Waals surface area contributed by atoms with Gasteiger partial charge in [-0.15, -0.1) is 21.5 Å². The molecule has 2 aliphatic rings. The van der Waals surface area contributed by atoms with Crippen molar-refractivity contribution in [3.63, 3.8) is 0 Å². The summed E-state index contributed by atoms with van der Waals surface area (Å²) in [5.74, 6) is -0.703. The van der Waals surface area contributed by atoms with Crippen molar-refractivity contribution in [2.75, 3.05) is 0 Å². The molecule has 2 amide bonds. The summed E-state index contributed by atoms with van der Waals surface area (Å²) in [5.41, 5.74) is 0.788. The zero-order chi connectivity index (χ0) is 21.4. The molecule has 0 atom stereocenters. The average molecular weight is 437 g/mol. The number of imide groups is 1. The van der Waals surface area contributed by atoms with Gasteiger partial charge in [-0.2, -0.15) is 0 Å². The first-order chi connectivity index (χ1) is 15.1. The number of rotatable bonds is 5. The SMILES string of the molecule is O=C(OCc1nnc(-c2cccs2)o1)c1ccc2c(c1)C(=O)N(C1CCCCC1)C2=O. The summed E-state index contributed by atoms with van der Waals surface area (Å²) in [6, 6.07) is 8.13. The predicted octanol–water partition coefficient (Wildman–Crippen LogP) is 4.08. The Morgan fingerprint density at radius 2 is 1.90 bits per heavy atom. The van der Waals surface area contributed by atoms with Gasteiger partial charge >= 0.3 is 5.97 Å². The number of hydrogen-bond donors (Lipinski definition) is 0. The number of amides is 2. The highest BCUT2D eigenvalue weighted by molar-refractivity contribution is 7.13. The number of ether oxygens (including phenoxy) is 1. The molecule has 1 fully saturated rings. The van der Waals surface area contributed by atoms with Crippen LogP contribution in [0.25, 0.3) is 10.8 Å². The van der Waals surface area contributed by atoms with Gasteiger partial charge < -0.3 is 9.15 Å². The number of benzene rings is 1. The molecule has 3 heterocycles. The van der Waals surface area contributed by atoms with Crippen molar-refractivity contribution in [3.8, 4) is 10.8 Å². The molecule has 5 rings (SSSR count). The third-order valence-corrected chi connectivity index (χ3v) is 6.48. The summed E-state index contributed by atoms with van der Waals surface area (Å²) in [5, 5.41) is 9.73. The predicted molar refractivity (Wildman–Crippen MR) is 111 cm³/mol. The molecule has 0 radical (unpaired) electrons. The minimum Gasteiger partial charge on any atom is -0.452 e. The Kier molecular flexibility index (Phi) is 5.11. The number of esters is 1. The second kappa shape index (κ2) is 8.07. The van der Waals surface area contributed by atoms with Crippen LogP contribution in [0.15, 0.2) is 40.1 Å². The van der Waals surface area contributed by atoms with E-state index >= 15 is 0 Å². The van der Waals surface area contributed by atoms with Crippen LogP contribution < -0.4 is 0 Å². The summed E-state index contributed by atoms with van der Waals surface area (Å²) in [6.07, 6.45) is 4.82. The lowest BCUT2D eigenvalue weighted by Crippen LogP contribution is -2.40. The summed E-state index contributed by atoms with van der Waals surface area (Å²) in [6.45, 7) is -0.185. The molecule has 31 heavy (non-hydrogen) atoms. The first-order valence-corrected chi connectivity index (χ1v) is 11.0. The Hall–Kier alpha value is -3.33. The summed E-state index contributed by atoms with van der Waals surface area (Å²) >= 11 is 1.47. The van der Waals surface area contributed by atoms with Crippen molar-refractivity contribution in [3.05, 3.63) is 58.3 Å². The standard InChI is InChI=1S/C22H19N3O5S/c26-20-15-9-8-13(11-16(15)21(27)25(20)14-5-2-1-3-6-14)22(28)29-12-18-23-24-19(30-18)17-7-4-10-31-17/h4,7-11,14H,1-3,5-6,12H2. The number of nitrogens with zero attached hydrogens (tertiary/aromatic N) is 3. The van der Waals surface area contributed by atoms with Crippen LogP contribution in [0.3, 0.4) is 0 Å². The number of fused-ring (bicyclic) bond motifs is 1. The molecule has 0 N–H and O–H groups in total. The topological polar surface area (TPSA) is 103 Å². The number of hydrogen-bond acceptors (Lipinski definition) is 8. The van der Waals surface area contributed by atoms with E-state index in [2.05, 4.69) is 10.2 Å². The molecule has 2 aromatic heterocycles.